The fourth-order valence-corrected chi connectivity index (χ4v) is 2.46. The number of benzene rings is 1. The van der Waals surface area contributed by atoms with Crippen LogP contribution in [0.25, 0.3) is 6.08 Å². The fraction of sp³-hybridized carbons (Fsp3) is 0.438. The van der Waals surface area contributed by atoms with Gasteiger partial charge < -0.3 is 4.74 Å². The van der Waals surface area contributed by atoms with E-state index in [-0.39, 0.29) is 5.97 Å². The van der Waals surface area contributed by atoms with Crippen molar-refractivity contribution < 1.29 is 9.53 Å². The van der Waals surface area contributed by atoms with Gasteiger partial charge in [0.1, 0.15) is 0 Å². The largest absolute Gasteiger partial charge is 0.465 e. The maximum Gasteiger partial charge on any atom is 0.337 e. The van der Waals surface area contributed by atoms with Crippen LogP contribution >= 0.6 is 0 Å². The maximum atomic E-state index is 11.4. The Morgan fingerprint density at radius 2 is 2.06 bits per heavy atom. The van der Waals surface area contributed by atoms with E-state index in [9.17, 15) is 4.79 Å². The molecule has 0 radical (unpaired) electrons. The van der Waals surface area contributed by atoms with Crippen molar-refractivity contribution in [3.63, 3.8) is 0 Å². The second-order valence-electron chi connectivity index (χ2n) is 4.87. The summed E-state index contributed by atoms with van der Waals surface area (Å²) in [6.07, 6.45) is 11.1. The van der Waals surface area contributed by atoms with Gasteiger partial charge in [0.15, 0.2) is 0 Å². The van der Waals surface area contributed by atoms with Crippen LogP contribution in [-0.2, 0) is 4.74 Å². The predicted octanol–water partition coefficient (Wildman–Crippen LogP) is 4.07. The number of hydrogen-bond acceptors (Lipinski definition) is 2. The Morgan fingerprint density at radius 1 is 1.28 bits per heavy atom. The van der Waals surface area contributed by atoms with Gasteiger partial charge in [-0.2, -0.15) is 0 Å². The third-order valence-corrected chi connectivity index (χ3v) is 3.52. The number of rotatable bonds is 3. The molecule has 0 unspecified atom stereocenters. The summed E-state index contributed by atoms with van der Waals surface area (Å²) < 4.78 is 4.72. The summed E-state index contributed by atoms with van der Waals surface area (Å²) in [6.45, 7) is 0. The highest BCUT2D eigenvalue weighted by Gasteiger charge is 2.10. The Kier molecular flexibility index (Phi) is 4.57. The zero-order chi connectivity index (χ0) is 12.8. The maximum absolute atomic E-state index is 11.4. The Labute approximate surface area is 109 Å². The lowest BCUT2D eigenvalue weighted by Gasteiger charge is -2.17. The molecule has 2 nitrogen and oxygen atoms in total. The van der Waals surface area contributed by atoms with Crippen LogP contribution in [0.5, 0.6) is 0 Å². The standard InChI is InChI=1S/C16H20O2/c1-18-16(17)15-9-5-8-14(12-15)11-10-13-6-3-2-4-7-13/h5,8-13H,2-4,6-7H2,1H3/b11-10-. The first-order valence-corrected chi connectivity index (χ1v) is 6.66. The van der Waals surface area contributed by atoms with E-state index in [4.69, 9.17) is 4.74 Å². The highest BCUT2D eigenvalue weighted by molar-refractivity contribution is 5.89. The van der Waals surface area contributed by atoms with Crippen LogP contribution in [0.4, 0.5) is 0 Å². The monoisotopic (exact) mass is 244 g/mol. The summed E-state index contributed by atoms with van der Waals surface area (Å²) in [5.41, 5.74) is 1.69. The molecule has 1 aliphatic rings. The van der Waals surface area contributed by atoms with Crippen LogP contribution in [0, 0.1) is 5.92 Å². The van der Waals surface area contributed by atoms with Gasteiger partial charge in [-0.25, -0.2) is 4.79 Å². The van der Waals surface area contributed by atoms with E-state index in [2.05, 4.69) is 12.2 Å². The molecule has 1 aliphatic carbocycles. The molecule has 0 N–H and O–H groups in total. The summed E-state index contributed by atoms with van der Waals surface area (Å²) in [4.78, 5) is 11.4. The molecule has 0 spiro atoms. The number of carbonyl (C=O) groups excluding carboxylic acids is 1. The summed E-state index contributed by atoms with van der Waals surface area (Å²) in [7, 11) is 1.41. The van der Waals surface area contributed by atoms with Gasteiger partial charge in [0.2, 0.25) is 0 Å². The first-order valence-electron chi connectivity index (χ1n) is 6.66. The van der Waals surface area contributed by atoms with Crippen LogP contribution in [0.3, 0.4) is 0 Å². The number of hydrogen-bond donors (Lipinski definition) is 0. The predicted molar refractivity (Wildman–Crippen MR) is 73.4 cm³/mol. The number of ether oxygens (including phenoxy) is 1. The lowest BCUT2D eigenvalue weighted by Crippen LogP contribution is -2.02. The normalized spacial score (nSPS) is 16.9. The van der Waals surface area contributed by atoms with Gasteiger partial charge in [0.25, 0.3) is 0 Å². The topological polar surface area (TPSA) is 26.3 Å². The molecule has 0 aliphatic heterocycles. The van der Waals surface area contributed by atoms with Crippen molar-refractivity contribution in [1.82, 2.24) is 0 Å². The Hall–Kier alpha value is -1.57. The first-order chi connectivity index (χ1) is 8.79. The van der Waals surface area contributed by atoms with Crippen LogP contribution in [0.2, 0.25) is 0 Å². The van der Waals surface area contributed by atoms with Crippen molar-refractivity contribution in [3.05, 3.63) is 41.5 Å². The molecule has 1 aromatic carbocycles. The minimum Gasteiger partial charge on any atom is -0.465 e. The Balaban J connectivity index is 2.04. The SMILES string of the molecule is COC(=O)c1cccc(/C=C\C2CCCCC2)c1. The minimum absolute atomic E-state index is 0.275. The molecule has 18 heavy (non-hydrogen) atoms. The van der Waals surface area contributed by atoms with Gasteiger partial charge >= 0.3 is 5.97 Å². The second-order valence-corrected chi connectivity index (χ2v) is 4.87. The summed E-state index contributed by atoms with van der Waals surface area (Å²) >= 11 is 0. The number of methoxy groups -OCH3 is 1. The molecule has 1 saturated carbocycles. The lowest BCUT2D eigenvalue weighted by atomic mass is 9.89. The molecule has 2 heteroatoms. The number of esters is 1. The third kappa shape index (κ3) is 3.46. The summed E-state index contributed by atoms with van der Waals surface area (Å²) in [5, 5.41) is 0. The van der Waals surface area contributed by atoms with Gasteiger partial charge in [0.05, 0.1) is 12.7 Å². The van der Waals surface area contributed by atoms with Gasteiger partial charge in [-0.3, -0.25) is 0 Å². The average molecular weight is 244 g/mol. The molecule has 2 rings (SSSR count). The van der Waals surface area contributed by atoms with Crippen LogP contribution in [-0.4, -0.2) is 13.1 Å². The van der Waals surface area contributed by atoms with E-state index in [0.29, 0.717) is 11.5 Å². The molecule has 1 fully saturated rings. The second kappa shape index (κ2) is 6.39. The molecular weight excluding hydrogens is 224 g/mol. The van der Waals surface area contributed by atoms with Crippen molar-refractivity contribution in [1.29, 1.82) is 0 Å². The Bertz CT molecular complexity index is 428. The molecule has 0 amide bonds. The zero-order valence-electron chi connectivity index (χ0n) is 10.9. The lowest BCUT2D eigenvalue weighted by molar-refractivity contribution is 0.0600. The molecule has 0 heterocycles. The van der Waals surface area contributed by atoms with Crippen molar-refractivity contribution in [2.24, 2.45) is 5.92 Å². The molecule has 0 aromatic heterocycles. The molecule has 0 saturated heterocycles. The van der Waals surface area contributed by atoms with Gasteiger partial charge in [-0.05, 0) is 36.5 Å². The van der Waals surface area contributed by atoms with E-state index in [1.54, 1.807) is 6.07 Å². The minimum atomic E-state index is -0.275. The smallest absolute Gasteiger partial charge is 0.337 e. The van der Waals surface area contributed by atoms with Crippen molar-refractivity contribution in [3.8, 4) is 0 Å². The number of allylic oxidation sites excluding steroid dienone is 1. The molecule has 96 valence electrons. The first kappa shape index (κ1) is 12.9. The van der Waals surface area contributed by atoms with E-state index >= 15 is 0 Å². The molecular formula is C16H20O2. The van der Waals surface area contributed by atoms with Gasteiger partial charge in [0, 0.05) is 0 Å². The van der Waals surface area contributed by atoms with Gasteiger partial charge in [-0.15, -0.1) is 0 Å². The quantitative estimate of drug-likeness (QED) is 0.749. The third-order valence-electron chi connectivity index (χ3n) is 3.52. The van der Waals surface area contributed by atoms with Crippen LogP contribution in [0.15, 0.2) is 30.3 Å². The highest BCUT2D eigenvalue weighted by atomic mass is 16.5. The van der Waals surface area contributed by atoms with Gasteiger partial charge in [-0.1, -0.05) is 43.5 Å². The summed E-state index contributed by atoms with van der Waals surface area (Å²) in [5.74, 6) is 0.434. The van der Waals surface area contributed by atoms with E-state index in [1.165, 1.54) is 39.2 Å². The van der Waals surface area contributed by atoms with Crippen LogP contribution < -0.4 is 0 Å². The molecule has 0 atom stereocenters. The zero-order valence-corrected chi connectivity index (χ0v) is 10.9. The van der Waals surface area contributed by atoms with Crippen molar-refractivity contribution >= 4 is 12.0 Å². The fourth-order valence-electron chi connectivity index (χ4n) is 2.46. The number of carbonyl (C=O) groups is 1. The molecule has 0 bridgehead atoms. The van der Waals surface area contributed by atoms with Crippen LogP contribution in [0.1, 0.15) is 48.0 Å². The highest BCUT2D eigenvalue weighted by Crippen LogP contribution is 2.25. The van der Waals surface area contributed by atoms with E-state index in [0.717, 1.165) is 5.56 Å². The van der Waals surface area contributed by atoms with E-state index < -0.39 is 0 Å². The van der Waals surface area contributed by atoms with E-state index in [1.807, 2.05) is 18.2 Å². The summed E-state index contributed by atoms with van der Waals surface area (Å²) in [6, 6.07) is 7.58. The molecule has 1 aromatic rings. The average Bonchev–Trinajstić information content (AvgIpc) is 2.45. The van der Waals surface area contributed by atoms with Crippen molar-refractivity contribution in [2.45, 2.75) is 32.1 Å². The van der Waals surface area contributed by atoms with Crippen molar-refractivity contribution in [2.75, 3.05) is 7.11 Å². The Morgan fingerprint density at radius 3 is 2.78 bits per heavy atom.